The first-order valence-corrected chi connectivity index (χ1v) is 20.4. The van der Waals surface area contributed by atoms with Crippen molar-refractivity contribution >= 4 is 39.9 Å². The van der Waals surface area contributed by atoms with Crippen molar-refractivity contribution in [1.29, 1.82) is 0 Å². The van der Waals surface area contributed by atoms with Crippen LogP contribution in [0.2, 0.25) is 0 Å². The highest BCUT2D eigenvalue weighted by Crippen LogP contribution is 2.55. The quantitative estimate of drug-likeness (QED) is 0.152. The third kappa shape index (κ3) is 6.69. The van der Waals surface area contributed by atoms with Gasteiger partial charge in [-0.05, 0) is 123 Å². The Morgan fingerprint density at radius 2 is 1.47 bits per heavy atom. The van der Waals surface area contributed by atoms with Gasteiger partial charge in [-0.3, -0.25) is 9.69 Å². The van der Waals surface area contributed by atoms with Crippen molar-refractivity contribution in [2.24, 2.45) is 17.8 Å². The Hall–Kier alpha value is -5.43. The van der Waals surface area contributed by atoms with E-state index in [4.69, 9.17) is 24.2 Å². The minimum absolute atomic E-state index is 0.0129. The van der Waals surface area contributed by atoms with Crippen LogP contribution in [0.1, 0.15) is 83.0 Å². The van der Waals surface area contributed by atoms with Crippen molar-refractivity contribution in [3.8, 4) is 22.4 Å². The molecular formula is C44H49N7O6. The van der Waals surface area contributed by atoms with E-state index in [-0.39, 0.29) is 42.1 Å². The van der Waals surface area contributed by atoms with Crippen molar-refractivity contribution in [2.75, 3.05) is 20.3 Å². The molecule has 5 aromatic rings. The third-order valence-electron chi connectivity index (χ3n) is 12.7. The Labute approximate surface area is 330 Å². The second kappa shape index (κ2) is 13.6. The number of amides is 3. The fourth-order valence-electron chi connectivity index (χ4n) is 9.68. The molecule has 0 spiro atoms. The maximum Gasteiger partial charge on any atom is 0.411 e. The largest absolute Gasteiger partial charge is 0.453 e. The summed E-state index contributed by atoms with van der Waals surface area (Å²) in [7, 11) is 1.33. The predicted octanol–water partition coefficient (Wildman–Crippen LogP) is 7.66. The number of aromatic nitrogens is 4. The smallest absolute Gasteiger partial charge is 0.411 e. The number of ether oxygens (including phenoxy) is 3. The number of rotatable bonds is 7. The Balaban J connectivity index is 0.864. The normalized spacial score (nSPS) is 26.0. The molecular weight excluding hydrogens is 723 g/mol. The molecule has 5 fully saturated rings. The molecule has 7 atom stereocenters. The van der Waals surface area contributed by atoms with Gasteiger partial charge in [0.05, 0.1) is 42.1 Å². The van der Waals surface area contributed by atoms with Crippen LogP contribution in [0.4, 0.5) is 9.59 Å². The molecule has 3 amide bonds. The number of nitrogens with one attached hydrogen (secondary N) is 3. The van der Waals surface area contributed by atoms with Gasteiger partial charge in [0.2, 0.25) is 5.91 Å². The summed E-state index contributed by atoms with van der Waals surface area (Å²) >= 11 is 0. The van der Waals surface area contributed by atoms with E-state index in [0.29, 0.717) is 37.9 Å². The van der Waals surface area contributed by atoms with Crippen molar-refractivity contribution in [1.82, 2.24) is 35.1 Å². The molecule has 10 rings (SSSR count). The highest BCUT2D eigenvalue weighted by molar-refractivity contribution is 5.92. The summed E-state index contributed by atoms with van der Waals surface area (Å²) in [6.07, 6.45) is 6.18. The minimum atomic E-state index is -0.666. The first kappa shape index (κ1) is 35.9. The lowest BCUT2D eigenvalue weighted by molar-refractivity contribution is -0.138. The zero-order chi connectivity index (χ0) is 39.2. The summed E-state index contributed by atoms with van der Waals surface area (Å²) in [5.74, 6) is 2.46. The standard InChI is InChI=1S/C44H49N7O6/c1-44(2,3)57-43(54)51-35-19-30(35)21-37(51)40-46-31-10-9-27(17-32(31)47-40)25-5-6-26-16-28(8-7-24(26)15-25)33-22-45-39(48-33)36-20-29-18-34(29)50(36)41(52)38(49-42(53)55-4)23-11-13-56-14-12-23/h5-10,15-17,22-23,29-30,34-38H,11-14,18-21H2,1-4H3,(H,45,48)(H,46,47)(H,49,53)/t29-,30-,34-,35-,36+,37-,38+/m1/s1. The van der Waals surface area contributed by atoms with Gasteiger partial charge < -0.3 is 34.4 Å². The second-order valence-corrected chi connectivity index (χ2v) is 17.6. The average Bonchev–Trinajstić information content (AvgIpc) is 3.82. The van der Waals surface area contributed by atoms with Crippen LogP contribution < -0.4 is 5.32 Å². The van der Waals surface area contributed by atoms with Crippen molar-refractivity contribution in [3.63, 3.8) is 0 Å². The molecule has 2 aliphatic carbocycles. The maximum atomic E-state index is 14.2. The van der Waals surface area contributed by atoms with Crippen LogP contribution in [-0.2, 0) is 19.0 Å². The van der Waals surface area contributed by atoms with E-state index in [1.165, 1.54) is 7.11 Å². The van der Waals surface area contributed by atoms with Crippen molar-refractivity contribution in [2.45, 2.75) is 95.1 Å². The van der Waals surface area contributed by atoms with E-state index in [2.05, 4.69) is 63.8 Å². The highest BCUT2D eigenvalue weighted by atomic mass is 16.6. The molecule has 13 heteroatoms. The van der Waals surface area contributed by atoms with Gasteiger partial charge >= 0.3 is 12.2 Å². The summed E-state index contributed by atoms with van der Waals surface area (Å²) in [4.78, 5) is 60.5. The van der Waals surface area contributed by atoms with Gasteiger partial charge in [-0.15, -0.1) is 0 Å². The summed E-state index contributed by atoms with van der Waals surface area (Å²) in [6, 6.07) is 18.6. The molecule has 5 aliphatic rings. The topological polar surface area (TPSA) is 155 Å². The molecule has 13 nitrogen and oxygen atoms in total. The number of alkyl carbamates (subject to hydrolysis) is 1. The molecule has 3 N–H and O–H groups in total. The Morgan fingerprint density at radius 1 is 0.825 bits per heavy atom. The van der Waals surface area contributed by atoms with Gasteiger partial charge in [-0.1, -0.05) is 30.3 Å². The Morgan fingerprint density at radius 3 is 2.19 bits per heavy atom. The summed E-state index contributed by atoms with van der Waals surface area (Å²) < 4.78 is 16.2. The number of fused-ring (bicyclic) bond motifs is 4. The fourth-order valence-corrected chi connectivity index (χ4v) is 9.68. The van der Waals surface area contributed by atoms with E-state index in [1.807, 2.05) is 42.8 Å². The van der Waals surface area contributed by atoms with Crippen LogP contribution in [0, 0.1) is 17.8 Å². The summed E-state index contributed by atoms with van der Waals surface area (Å²) in [5, 5.41) is 5.08. The van der Waals surface area contributed by atoms with Gasteiger partial charge in [-0.25, -0.2) is 19.6 Å². The number of piperidine rings is 2. The number of H-pyrrole nitrogens is 2. The number of carbonyl (C=O) groups is 3. The van der Waals surface area contributed by atoms with Gasteiger partial charge in [-0.2, -0.15) is 0 Å². The number of hydrogen-bond acceptors (Lipinski definition) is 8. The number of imidazole rings is 2. The van der Waals surface area contributed by atoms with Crippen molar-refractivity contribution < 1.29 is 28.6 Å². The molecule has 0 bridgehead atoms. The monoisotopic (exact) mass is 771 g/mol. The SMILES string of the molecule is COC(=O)N[C@H](C(=O)N1[C@@H]2C[C@@H]2C[C@H]1c1ncc(-c2ccc3cc(-c4ccc5nc([C@H]6C[C@H]7C[C@H]7N6C(=O)OC(C)(C)C)[nH]c5c4)ccc3c2)[nH]1)C1CCOCC1. The van der Waals surface area contributed by atoms with Gasteiger partial charge in [0.1, 0.15) is 23.3 Å². The van der Waals surface area contributed by atoms with Crippen molar-refractivity contribution in [3.05, 3.63) is 72.4 Å². The fraction of sp³-hybridized carbons (Fsp3) is 0.477. The number of aromatic amines is 2. The third-order valence-corrected chi connectivity index (χ3v) is 12.7. The van der Waals surface area contributed by atoms with Gasteiger partial charge in [0, 0.05) is 30.9 Å². The van der Waals surface area contributed by atoms with E-state index in [9.17, 15) is 14.4 Å². The maximum absolute atomic E-state index is 14.2. The first-order chi connectivity index (χ1) is 27.5. The first-order valence-electron chi connectivity index (χ1n) is 20.4. The Kier molecular flexibility index (Phi) is 8.58. The van der Waals surface area contributed by atoms with Gasteiger partial charge in [0.25, 0.3) is 0 Å². The predicted molar refractivity (Wildman–Crippen MR) is 213 cm³/mol. The summed E-state index contributed by atoms with van der Waals surface area (Å²) in [5.41, 5.74) is 5.35. The molecule has 5 heterocycles. The molecule has 3 aromatic carbocycles. The van der Waals surface area contributed by atoms with Crippen LogP contribution in [0.3, 0.4) is 0 Å². The molecule has 296 valence electrons. The van der Waals surface area contributed by atoms with Crippen LogP contribution in [-0.4, -0.2) is 91.9 Å². The zero-order valence-electron chi connectivity index (χ0n) is 32.8. The number of nitrogens with zero attached hydrogens (tertiary/aromatic N) is 4. The van der Waals surface area contributed by atoms with Crippen LogP contribution in [0.25, 0.3) is 44.2 Å². The molecule has 3 aliphatic heterocycles. The molecule has 0 radical (unpaired) electrons. The molecule has 3 saturated heterocycles. The van der Waals surface area contributed by atoms with Gasteiger partial charge in [0.15, 0.2) is 0 Å². The number of methoxy groups -OCH3 is 1. The lowest BCUT2D eigenvalue weighted by atomic mass is 9.90. The number of carbonyl (C=O) groups excluding carboxylic acids is 3. The second-order valence-electron chi connectivity index (χ2n) is 17.6. The Bertz CT molecular complexity index is 2390. The van der Waals surface area contributed by atoms with Crippen LogP contribution in [0.15, 0.2) is 60.8 Å². The molecule has 2 aromatic heterocycles. The lowest BCUT2D eigenvalue weighted by Gasteiger charge is -2.35. The molecule has 0 unspecified atom stereocenters. The van der Waals surface area contributed by atoms with E-state index < -0.39 is 17.7 Å². The molecule has 57 heavy (non-hydrogen) atoms. The number of hydrogen-bond donors (Lipinski definition) is 3. The summed E-state index contributed by atoms with van der Waals surface area (Å²) in [6.45, 7) is 6.86. The number of benzene rings is 3. The lowest BCUT2D eigenvalue weighted by Crippen LogP contribution is -2.54. The van der Waals surface area contributed by atoms with E-state index in [0.717, 1.165) is 81.5 Å². The van der Waals surface area contributed by atoms with E-state index in [1.54, 1.807) is 0 Å². The average molecular weight is 772 g/mol. The van der Waals surface area contributed by atoms with E-state index >= 15 is 0 Å². The van der Waals surface area contributed by atoms with Crippen LogP contribution in [0.5, 0.6) is 0 Å². The molecule has 2 saturated carbocycles. The zero-order valence-corrected chi connectivity index (χ0v) is 32.8. The minimum Gasteiger partial charge on any atom is -0.453 e. The highest BCUT2D eigenvalue weighted by Gasteiger charge is 2.57. The number of likely N-dealkylation sites (tertiary alicyclic amines) is 2. The van der Waals surface area contributed by atoms with Crippen LogP contribution >= 0.6 is 0 Å².